The second-order valence-corrected chi connectivity index (χ2v) is 7.84. The Hall–Kier alpha value is -1.26. The largest absolute Gasteiger partial charge is 0.337 e. The quantitative estimate of drug-likeness (QED) is 0.764. The van der Waals surface area contributed by atoms with E-state index in [1.165, 1.54) is 5.56 Å². The number of carbonyl (C=O) groups is 2. The molecule has 0 radical (unpaired) electrons. The molecule has 0 aliphatic carbocycles. The van der Waals surface area contributed by atoms with Gasteiger partial charge in [-0.1, -0.05) is 56.1 Å². The molecule has 1 aromatic rings. The summed E-state index contributed by atoms with van der Waals surface area (Å²) in [6.07, 6.45) is 0. The smallest absolute Gasteiger partial charge is 0.255 e. The van der Waals surface area contributed by atoms with E-state index in [0.29, 0.717) is 31.7 Å². The van der Waals surface area contributed by atoms with Gasteiger partial charge in [-0.2, -0.15) is 0 Å². The van der Waals surface area contributed by atoms with Crippen molar-refractivity contribution < 1.29 is 9.59 Å². The molecule has 0 spiro atoms. The molecular formula is C17H22Cl2N2O2. The highest BCUT2D eigenvalue weighted by atomic mass is 35.5. The summed E-state index contributed by atoms with van der Waals surface area (Å²) in [5, 5.41) is 0. The summed E-state index contributed by atoms with van der Waals surface area (Å²) in [4.78, 5) is 26.6. The van der Waals surface area contributed by atoms with E-state index in [9.17, 15) is 9.59 Å². The Morgan fingerprint density at radius 1 is 0.957 bits per heavy atom. The second kappa shape index (κ2) is 7.10. The van der Waals surface area contributed by atoms with Crippen LogP contribution in [0.2, 0.25) is 0 Å². The third-order valence-corrected chi connectivity index (χ3v) is 4.44. The lowest BCUT2D eigenvalue weighted by atomic mass is 9.86. The van der Waals surface area contributed by atoms with Crippen LogP contribution in [0.15, 0.2) is 24.3 Å². The minimum Gasteiger partial charge on any atom is -0.337 e. The molecule has 126 valence electrons. The van der Waals surface area contributed by atoms with Gasteiger partial charge in [0, 0.05) is 31.7 Å². The molecule has 1 heterocycles. The Balaban J connectivity index is 1.99. The third kappa shape index (κ3) is 4.39. The van der Waals surface area contributed by atoms with Gasteiger partial charge in [0.15, 0.2) is 4.84 Å². The monoisotopic (exact) mass is 356 g/mol. The number of rotatable bonds is 2. The number of amides is 2. The molecule has 1 aliphatic rings. The molecule has 0 N–H and O–H groups in total. The molecule has 0 aromatic heterocycles. The van der Waals surface area contributed by atoms with Crippen molar-refractivity contribution >= 4 is 35.0 Å². The number of carbonyl (C=O) groups excluding carboxylic acids is 2. The number of nitrogens with zero attached hydrogens (tertiary/aromatic N) is 2. The molecule has 4 nitrogen and oxygen atoms in total. The van der Waals surface area contributed by atoms with Crippen LogP contribution in [0, 0.1) is 0 Å². The van der Waals surface area contributed by atoms with Gasteiger partial charge >= 0.3 is 0 Å². The van der Waals surface area contributed by atoms with Gasteiger partial charge in [0.2, 0.25) is 0 Å². The van der Waals surface area contributed by atoms with E-state index >= 15 is 0 Å². The molecule has 0 atom stereocenters. The van der Waals surface area contributed by atoms with Crippen molar-refractivity contribution in [3.05, 3.63) is 35.4 Å². The number of halogens is 2. The van der Waals surface area contributed by atoms with E-state index in [4.69, 9.17) is 23.2 Å². The van der Waals surface area contributed by atoms with E-state index in [0.717, 1.165) is 0 Å². The van der Waals surface area contributed by atoms with E-state index in [2.05, 4.69) is 20.8 Å². The summed E-state index contributed by atoms with van der Waals surface area (Å²) >= 11 is 11.2. The van der Waals surface area contributed by atoms with E-state index in [-0.39, 0.29) is 17.2 Å². The molecule has 2 amide bonds. The lowest BCUT2D eigenvalue weighted by Crippen LogP contribution is -2.51. The van der Waals surface area contributed by atoms with E-state index < -0.39 is 4.84 Å². The first-order valence-corrected chi connectivity index (χ1v) is 8.54. The highest BCUT2D eigenvalue weighted by molar-refractivity contribution is 6.53. The van der Waals surface area contributed by atoms with Crippen LogP contribution in [-0.4, -0.2) is 52.6 Å². The zero-order valence-electron chi connectivity index (χ0n) is 13.7. The predicted molar refractivity (Wildman–Crippen MR) is 93.1 cm³/mol. The zero-order chi connectivity index (χ0) is 17.2. The Kier molecular flexibility index (Phi) is 5.58. The van der Waals surface area contributed by atoms with Crippen molar-refractivity contribution in [1.82, 2.24) is 9.80 Å². The van der Waals surface area contributed by atoms with Crippen LogP contribution in [0.25, 0.3) is 0 Å². The van der Waals surface area contributed by atoms with Crippen LogP contribution in [0.4, 0.5) is 0 Å². The summed E-state index contributed by atoms with van der Waals surface area (Å²) < 4.78 is 0. The maximum atomic E-state index is 12.5. The van der Waals surface area contributed by atoms with Crippen molar-refractivity contribution in [2.75, 3.05) is 26.2 Å². The molecule has 0 bridgehead atoms. The van der Waals surface area contributed by atoms with Crippen molar-refractivity contribution in [1.29, 1.82) is 0 Å². The lowest BCUT2D eigenvalue weighted by Gasteiger charge is -2.35. The van der Waals surface area contributed by atoms with Gasteiger partial charge in [-0.05, 0) is 23.1 Å². The minimum absolute atomic E-state index is 0.00847. The number of benzene rings is 1. The standard InChI is InChI=1S/C17H22Cl2N2O2/c1-17(2,3)13-6-4-12(5-7-13)15(22)20-8-10-21(11-9-20)16(23)14(18)19/h4-7,14H,8-11H2,1-3H3. The van der Waals surface area contributed by atoms with Gasteiger partial charge in [0.1, 0.15) is 0 Å². The highest BCUT2D eigenvalue weighted by Gasteiger charge is 2.27. The van der Waals surface area contributed by atoms with Crippen LogP contribution < -0.4 is 0 Å². The second-order valence-electron chi connectivity index (χ2n) is 6.75. The summed E-state index contributed by atoms with van der Waals surface area (Å²) in [6.45, 7) is 8.32. The topological polar surface area (TPSA) is 40.6 Å². The number of alkyl halides is 2. The molecule has 2 rings (SSSR count). The minimum atomic E-state index is -1.04. The van der Waals surface area contributed by atoms with Crippen LogP contribution in [0.5, 0.6) is 0 Å². The van der Waals surface area contributed by atoms with Crippen LogP contribution in [0.1, 0.15) is 36.7 Å². The highest BCUT2D eigenvalue weighted by Crippen LogP contribution is 2.22. The molecule has 1 aromatic carbocycles. The molecule has 1 fully saturated rings. The maximum Gasteiger partial charge on any atom is 0.255 e. The first kappa shape index (κ1) is 18.1. The normalized spacial score (nSPS) is 15.9. The van der Waals surface area contributed by atoms with Crippen LogP contribution in [0.3, 0.4) is 0 Å². The SMILES string of the molecule is CC(C)(C)c1ccc(C(=O)N2CCN(C(=O)C(Cl)Cl)CC2)cc1. The fourth-order valence-corrected chi connectivity index (χ4v) is 2.84. The van der Waals surface area contributed by atoms with Gasteiger partial charge in [0.25, 0.3) is 11.8 Å². The Bertz CT molecular complexity index is 571. The Labute approximate surface area is 147 Å². The number of hydrogen-bond donors (Lipinski definition) is 0. The fraction of sp³-hybridized carbons (Fsp3) is 0.529. The summed E-state index contributed by atoms with van der Waals surface area (Å²) in [5.74, 6) is -0.305. The summed E-state index contributed by atoms with van der Waals surface area (Å²) in [5.41, 5.74) is 1.93. The van der Waals surface area contributed by atoms with Crippen molar-refractivity contribution in [2.45, 2.75) is 31.0 Å². The molecule has 0 unspecified atom stereocenters. The van der Waals surface area contributed by atoms with Crippen LogP contribution >= 0.6 is 23.2 Å². The van der Waals surface area contributed by atoms with Crippen molar-refractivity contribution in [3.63, 3.8) is 0 Å². The predicted octanol–water partition coefficient (Wildman–Crippen LogP) is 3.07. The average Bonchev–Trinajstić information content (AvgIpc) is 2.53. The van der Waals surface area contributed by atoms with E-state index in [1.54, 1.807) is 9.80 Å². The first-order valence-electron chi connectivity index (χ1n) is 7.67. The first-order chi connectivity index (χ1) is 10.7. The summed E-state index contributed by atoms with van der Waals surface area (Å²) in [7, 11) is 0. The molecule has 23 heavy (non-hydrogen) atoms. The van der Waals surface area contributed by atoms with Gasteiger partial charge < -0.3 is 9.80 Å². The number of piperazine rings is 1. The Morgan fingerprint density at radius 3 is 1.87 bits per heavy atom. The molecule has 1 aliphatic heterocycles. The fourth-order valence-electron chi connectivity index (χ4n) is 2.56. The van der Waals surface area contributed by atoms with Crippen LogP contribution in [-0.2, 0) is 10.2 Å². The summed E-state index contributed by atoms with van der Waals surface area (Å²) in [6, 6.07) is 7.74. The molecule has 0 saturated carbocycles. The van der Waals surface area contributed by atoms with Crippen molar-refractivity contribution in [3.8, 4) is 0 Å². The van der Waals surface area contributed by atoms with E-state index in [1.807, 2.05) is 24.3 Å². The number of hydrogen-bond acceptors (Lipinski definition) is 2. The van der Waals surface area contributed by atoms with Gasteiger partial charge in [0.05, 0.1) is 0 Å². The zero-order valence-corrected chi connectivity index (χ0v) is 15.2. The van der Waals surface area contributed by atoms with Crippen molar-refractivity contribution in [2.24, 2.45) is 0 Å². The van der Waals surface area contributed by atoms with Gasteiger partial charge in [-0.25, -0.2) is 0 Å². The van der Waals surface area contributed by atoms with Gasteiger partial charge in [-0.3, -0.25) is 9.59 Å². The third-order valence-electron chi connectivity index (χ3n) is 4.06. The Morgan fingerprint density at radius 2 is 1.43 bits per heavy atom. The molecular weight excluding hydrogens is 335 g/mol. The molecule has 6 heteroatoms. The lowest BCUT2D eigenvalue weighted by molar-refractivity contribution is -0.130. The average molecular weight is 357 g/mol. The maximum absolute atomic E-state index is 12.5. The van der Waals surface area contributed by atoms with Gasteiger partial charge in [-0.15, -0.1) is 0 Å². The molecule has 1 saturated heterocycles.